The second kappa shape index (κ2) is 7.70. The van der Waals surface area contributed by atoms with E-state index < -0.39 is 5.41 Å². The van der Waals surface area contributed by atoms with Crippen LogP contribution in [0.15, 0.2) is 60.7 Å². The maximum atomic E-state index is 12.3. The molecule has 4 nitrogen and oxygen atoms in total. The van der Waals surface area contributed by atoms with Crippen molar-refractivity contribution in [3.63, 3.8) is 0 Å². The van der Waals surface area contributed by atoms with Crippen molar-refractivity contribution >= 4 is 16.7 Å². The summed E-state index contributed by atoms with van der Waals surface area (Å²) in [6.07, 6.45) is 0. The molecule has 0 amide bonds. The number of ether oxygens (including phenoxy) is 3. The highest BCUT2D eigenvalue weighted by atomic mass is 16.5. The van der Waals surface area contributed by atoms with Crippen LogP contribution in [0.25, 0.3) is 10.8 Å². The summed E-state index contributed by atoms with van der Waals surface area (Å²) in [7, 11) is 1.61. The van der Waals surface area contributed by atoms with Crippen LogP contribution in [0.2, 0.25) is 0 Å². The molecule has 140 valence electrons. The minimum atomic E-state index is -0.590. The van der Waals surface area contributed by atoms with Crippen molar-refractivity contribution in [2.24, 2.45) is 5.41 Å². The summed E-state index contributed by atoms with van der Waals surface area (Å²) in [5, 5.41) is 1.56. The van der Waals surface area contributed by atoms with E-state index in [2.05, 4.69) is 0 Å². The van der Waals surface area contributed by atoms with Crippen molar-refractivity contribution in [1.29, 1.82) is 0 Å². The monoisotopic (exact) mass is 364 g/mol. The molecule has 0 heterocycles. The number of esters is 1. The predicted molar refractivity (Wildman–Crippen MR) is 106 cm³/mol. The number of carbonyl (C=O) groups excluding carboxylic acids is 1. The fraction of sp³-hybridized carbons (Fsp3) is 0.261. The van der Waals surface area contributed by atoms with Crippen LogP contribution in [-0.2, 0) is 11.4 Å². The number of rotatable bonds is 5. The minimum absolute atomic E-state index is 0.287. The molecule has 0 N–H and O–H groups in total. The fourth-order valence-electron chi connectivity index (χ4n) is 2.68. The molecule has 27 heavy (non-hydrogen) atoms. The number of methoxy groups -OCH3 is 1. The molecule has 0 unspecified atom stereocenters. The van der Waals surface area contributed by atoms with Crippen molar-refractivity contribution < 1.29 is 19.0 Å². The Bertz CT molecular complexity index is 940. The van der Waals surface area contributed by atoms with Crippen molar-refractivity contribution in [2.45, 2.75) is 27.4 Å². The van der Waals surface area contributed by atoms with Gasteiger partial charge in [-0.3, -0.25) is 4.79 Å². The lowest BCUT2D eigenvalue weighted by Crippen LogP contribution is -2.25. The van der Waals surface area contributed by atoms with Crippen LogP contribution < -0.4 is 14.2 Å². The maximum absolute atomic E-state index is 12.3. The van der Waals surface area contributed by atoms with E-state index in [0.29, 0.717) is 23.9 Å². The molecule has 0 fully saturated rings. The second-order valence-electron chi connectivity index (χ2n) is 7.36. The van der Waals surface area contributed by atoms with Gasteiger partial charge in [0.2, 0.25) is 0 Å². The van der Waals surface area contributed by atoms with Crippen LogP contribution in [0.4, 0.5) is 0 Å². The quantitative estimate of drug-likeness (QED) is 0.450. The van der Waals surface area contributed by atoms with Crippen LogP contribution in [-0.4, -0.2) is 13.1 Å². The molecular formula is C23H24O4. The summed E-state index contributed by atoms with van der Waals surface area (Å²) in [6.45, 7) is 5.93. The van der Waals surface area contributed by atoms with Gasteiger partial charge >= 0.3 is 5.97 Å². The summed E-state index contributed by atoms with van der Waals surface area (Å²) < 4.78 is 17.2. The molecule has 0 aliphatic heterocycles. The number of carbonyl (C=O) groups is 1. The van der Waals surface area contributed by atoms with E-state index in [0.717, 1.165) is 16.3 Å². The molecule has 4 heteroatoms. The number of fused-ring (bicyclic) bond motifs is 1. The molecule has 3 aromatic rings. The lowest BCUT2D eigenvalue weighted by Gasteiger charge is -2.19. The highest BCUT2D eigenvalue weighted by molar-refractivity contribution is 5.99. The molecule has 0 saturated carbocycles. The average molecular weight is 364 g/mol. The van der Waals surface area contributed by atoms with E-state index >= 15 is 0 Å². The van der Waals surface area contributed by atoms with Crippen LogP contribution in [0, 0.1) is 5.41 Å². The van der Waals surface area contributed by atoms with Crippen LogP contribution in [0.1, 0.15) is 26.3 Å². The first-order valence-corrected chi connectivity index (χ1v) is 8.89. The van der Waals surface area contributed by atoms with Crippen LogP contribution >= 0.6 is 0 Å². The van der Waals surface area contributed by atoms with Crippen molar-refractivity contribution in [2.75, 3.05) is 7.11 Å². The summed E-state index contributed by atoms with van der Waals surface area (Å²) >= 11 is 0. The molecule has 0 aliphatic carbocycles. The smallest absolute Gasteiger partial charge is 0.316 e. The van der Waals surface area contributed by atoms with Gasteiger partial charge in [-0.15, -0.1) is 0 Å². The summed E-state index contributed by atoms with van der Waals surface area (Å²) in [5.74, 6) is 1.56. The third-order valence-corrected chi connectivity index (χ3v) is 4.20. The Hall–Kier alpha value is -3.01. The Morgan fingerprint density at radius 1 is 0.852 bits per heavy atom. The van der Waals surface area contributed by atoms with Gasteiger partial charge in [0.1, 0.15) is 23.9 Å². The largest absolute Gasteiger partial charge is 0.496 e. The average Bonchev–Trinajstić information content (AvgIpc) is 2.66. The Balaban J connectivity index is 2.00. The normalized spacial score (nSPS) is 11.3. The maximum Gasteiger partial charge on any atom is 0.316 e. The Kier molecular flexibility index (Phi) is 5.36. The first-order chi connectivity index (χ1) is 12.9. The van der Waals surface area contributed by atoms with Gasteiger partial charge in [-0.25, -0.2) is 0 Å². The minimum Gasteiger partial charge on any atom is -0.496 e. The van der Waals surface area contributed by atoms with E-state index in [4.69, 9.17) is 14.2 Å². The molecule has 0 spiro atoms. The zero-order valence-electron chi connectivity index (χ0n) is 16.1. The van der Waals surface area contributed by atoms with Gasteiger partial charge in [0.15, 0.2) is 0 Å². The van der Waals surface area contributed by atoms with E-state index in [1.54, 1.807) is 19.2 Å². The topological polar surface area (TPSA) is 44.8 Å². The third-order valence-electron chi connectivity index (χ3n) is 4.20. The summed E-state index contributed by atoms with van der Waals surface area (Å²) in [4.78, 5) is 12.3. The van der Waals surface area contributed by atoms with Gasteiger partial charge in [0.05, 0.1) is 17.9 Å². The number of hydrogen-bond acceptors (Lipinski definition) is 4. The summed E-state index contributed by atoms with van der Waals surface area (Å²) in [6, 6.07) is 19.2. The summed E-state index contributed by atoms with van der Waals surface area (Å²) in [5.41, 5.74) is 0.483. The molecule has 0 saturated heterocycles. The molecule has 0 radical (unpaired) electrons. The van der Waals surface area contributed by atoms with E-state index in [1.165, 1.54) is 0 Å². The van der Waals surface area contributed by atoms with Gasteiger partial charge in [-0.1, -0.05) is 42.5 Å². The van der Waals surface area contributed by atoms with Crippen LogP contribution in [0.3, 0.4) is 0 Å². The zero-order valence-corrected chi connectivity index (χ0v) is 16.1. The molecule has 3 aromatic carbocycles. The zero-order chi connectivity index (χ0) is 19.4. The van der Waals surface area contributed by atoms with Gasteiger partial charge < -0.3 is 14.2 Å². The predicted octanol–water partition coefficient (Wildman–Crippen LogP) is 5.38. The van der Waals surface area contributed by atoms with Crippen LogP contribution in [0.5, 0.6) is 17.2 Å². The molecule has 0 aliphatic rings. The highest BCUT2D eigenvalue weighted by Crippen LogP contribution is 2.40. The second-order valence-corrected chi connectivity index (χ2v) is 7.36. The van der Waals surface area contributed by atoms with Gasteiger partial charge in [-0.2, -0.15) is 0 Å². The lowest BCUT2D eigenvalue weighted by atomic mass is 9.97. The highest BCUT2D eigenvalue weighted by Gasteiger charge is 2.25. The van der Waals surface area contributed by atoms with Gasteiger partial charge in [0, 0.05) is 5.39 Å². The Morgan fingerprint density at radius 2 is 1.56 bits per heavy atom. The van der Waals surface area contributed by atoms with Gasteiger partial charge in [0.25, 0.3) is 0 Å². The number of benzene rings is 3. The molecule has 0 aromatic heterocycles. The van der Waals surface area contributed by atoms with E-state index in [1.807, 2.05) is 69.3 Å². The number of hydrogen-bond donors (Lipinski definition) is 0. The van der Waals surface area contributed by atoms with E-state index in [9.17, 15) is 4.79 Å². The van der Waals surface area contributed by atoms with Gasteiger partial charge in [-0.05, 0) is 44.5 Å². The van der Waals surface area contributed by atoms with Crippen molar-refractivity contribution in [3.05, 3.63) is 66.2 Å². The molecule has 0 bridgehead atoms. The molecule has 3 rings (SSSR count). The van der Waals surface area contributed by atoms with E-state index in [-0.39, 0.29) is 5.97 Å². The molecule has 0 atom stereocenters. The Labute approximate surface area is 159 Å². The first-order valence-electron chi connectivity index (χ1n) is 8.89. The fourth-order valence-corrected chi connectivity index (χ4v) is 2.68. The SMILES string of the molecule is COc1ccc(OC(=O)C(C)(C)C)c2cccc(OCc3ccccc3)c12. The van der Waals surface area contributed by atoms with Crippen molar-refractivity contribution in [3.8, 4) is 17.2 Å². The third kappa shape index (κ3) is 4.22. The first kappa shape index (κ1) is 18.8. The standard InChI is InChI=1S/C23H24O4/c1-23(2,3)22(24)27-18-13-14-19(25-4)21-17(18)11-8-12-20(21)26-15-16-9-6-5-7-10-16/h5-14H,15H2,1-4H3. The molecular weight excluding hydrogens is 340 g/mol. The lowest BCUT2D eigenvalue weighted by molar-refractivity contribution is -0.142. The Morgan fingerprint density at radius 3 is 2.22 bits per heavy atom. The van der Waals surface area contributed by atoms with Crippen molar-refractivity contribution in [1.82, 2.24) is 0 Å².